The molecule has 10 heteroatoms. The first-order valence-electron chi connectivity index (χ1n) is 11.3. The summed E-state index contributed by atoms with van der Waals surface area (Å²) in [6.07, 6.45) is 0. The third-order valence-electron chi connectivity index (χ3n) is 6.48. The third-order valence-corrected chi connectivity index (χ3v) is 8.27. The van der Waals surface area contributed by atoms with Crippen LogP contribution in [0.3, 0.4) is 0 Å². The number of fused-ring (bicyclic) bond motifs is 1. The molecule has 9 nitrogen and oxygen atoms in total. The number of benzene rings is 2. The quantitative estimate of drug-likeness (QED) is 0.582. The van der Waals surface area contributed by atoms with Crippen molar-refractivity contribution in [2.24, 2.45) is 0 Å². The molecule has 3 heterocycles. The number of H-pyrrole nitrogens is 1. The number of hydrogen-bond donors (Lipinski definition) is 2. The highest BCUT2D eigenvalue weighted by Crippen LogP contribution is 2.32. The highest BCUT2D eigenvalue weighted by atomic mass is 32.2. The molecule has 0 saturated carbocycles. The van der Waals surface area contributed by atoms with E-state index in [1.165, 1.54) is 4.31 Å². The molecule has 1 aromatic heterocycles. The van der Waals surface area contributed by atoms with Gasteiger partial charge < -0.3 is 15.1 Å². The number of aromatic amines is 1. The fourth-order valence-corrected chi connectivity index (χ4v) is 5.86. The van der Waals surface area contributed by atoms with Crippen molar-refractivity contribution in [1.82, 2.24) is 19.4 Å². The number of likely N-dealkylation sites (N-methyl/N-ethyl adjacent to an activating group) is 1. The topological polar surface area (TPSA) is 102 Å². The molecule has 0 bridgehead atoms. The Morgan fingerprint density at radius 3 is 2.47 bits per heavy atom. The maximum atomic E-state index is 13.1. The molecule has 2 aliphatic heterocycles. The lowest BCUT2D eigenvalue weighted by atomic mass is 10.1. The van der Waals surface area contributed by atoms with Crippen LogP contribution in [-0.4, -0.2) is 67.0 Å². The number of nitrogens with one attached hydrogen (secondary N) is 2. The molecule has 0 spiro atoms. The van der Waals surface area contributed by atoms with E-state index in [0.29, 0.717) is 22.6 Å². The van der Waals surface area contributed by atoms with Gasteiger partial charge in [0, 0.05) is 49.5 Å². The van der Waals surface area contributed by atoms with E-state index in [9.17, 15) is 13.2 Å². The zero-order chi connectivity index (χ0) is 23.9. The van der Waals surface area contributed by atoms with Gasteiger partial charge in [0.2, 0.25) is 10.0 Å². The largest absolute Gasteiger partial charge is 0.369 e. The number of carbonyl (C=O) groups excluding carboxylic acids is 1. The van der Waals surface area contributed by atoms with E-state index in [-0.39, 0.29) is 23.9 Å². The lowest BCUT2D eigenvalue weighted by Gasteiger charge is -2.34. The molecule has 5 rings (SSSR count). The predicted octanol–water partition coefficient (Wildman–Crippen LogP) is 2.43. The minimum atomic E-state index is -3.65. The summed E-state index contributed by atoms with van der Waals surface area (Å²) >= 11 is 0. The van der Waals surface area contributed by atoms with Gasteiger partial charge in [-0.15, -0.1) is 0 Å². The molecule has 1 saturated heterocycles. The number of aryl methyl sites for hydroxylation is 1. The van der Waals surface area contributed by atoms with Crippen molar-refractivity contribution in [3.8, 4) is 0 Å². The summed E-state index contributed by atoms with van der Waals surface area (Å²) in [6.45, 7) is 6.16. The maximum absolute atomic E-state index is 13.1. The van der Waals surface area contributed by atoms with Crippen molar-refractivity contribution in [2.75, 3.05) is 43.4 Å². The Kier molecular flexibility index (Phi) is 5.88. The SMILES string of the molecule is Cc1cccc(S(=O)(=O)N2Cc3[nH]nc(NC(=O)c4ccc(N5CCN(C)CC5)cc4)c3C2)c1. The number of carbonyl (C=O) groups is 1. The second-order valence-corrected chi connectivity index (χ2v) is 10.8. The Balaban J connectivity index is 1.27. The van der Waals surface area contributed by atoms with Crippen LogP contribution >= 0.6 is 0 Å². The zero-order valence-corrected chi connectivity index (χ0v) is 20.1. The number of sulfonamides is 1. The van der Waals surface area contributed by atoms with Crippen LogP contribution in [0.15, 0.2) is 53.4 Å². The summed E-state index contributed by atoms with van der Waals surface area (Å²) in [5.74, 6) is 0.0873. The lowest BCUT2D eigenvalue weighted by Crippen LogP contribution is -2.44. The molecule has 0 atom stereocenters. The van der Waals surface area contributed by atoms with Crippen molar-refractivity contribution >= 4 is 27.4 Å². The summed E-state index contributed by atoms with van der Waals surface area (Å²) in [4.78, 5) is 17.7. The van der Waals surface area contributed by atoms with E-state index in [1.54, 1.807) is 18.2 Å². The molecule has 0 aliphatic carbocycles. The summed E-state index contributed by atoms with van der Waals surface area (Å²) in [6, 6.07) is 14.4. The van der Waals surface area contributed by atoms with Crippen LogP contribution in [-0.2, 0) is 23.1 Å². The fraction of sp³-hybridized carbons (Fsp3) is 0.333. The molecule has 1 fully saturated rings. The molecule has 2 N–H and O–H groups in total. The smallest absolute Gasteiger partial charge is 0.256 e. The van der Waals surface area contributed by atoms with E-state index in [1.807, 2.05) is 37.3 Å². The molecular weight excluding hydrogens is 452 g/mol. The number of hydrogen-bond acceptors (Lipinski definition) is 6. The molecule has 3 aromatic rings. The molecular formula is C24H28N6O3S. The summed E-state index contributed by atoms with van der Waals surface area (Å²) in [5.41, 5.74) is 3.89. The molecule has 178 valence electrons. The lowest BCUT2D eigenvalue weighted by molar-refractivity contribution is 0.102. The van der Waals surface area contributed by atoms with Gasteiger partial charge in [-0.3, -0.25) is 9.89 Å². The summed E-state index contributed by atoms with van der Waals surface area (Å²) in [7, 11) is -1.53. The van der Waals surface area contributed by atoms with Crippen molar-refractivity contribution < 1.29 is 13.2 Å². The van der Waals surface area contributed by atoms with Crippen LogP contribution < -0.4 is 10.2 Å². The molecule has 0 unspecified atom stereocenters. The molecule has 34 heavy (non-hydrogen) atoms. The van der Waals surface area contributed by atoms with Crippen molar-refractivity contribution in [1.29, 1.82) is 0 Å². The average Bonchev–Trinajstić information content (AvgIpc) is 3.42. The zero-order valence-electron chi connectivity index (χ0n) is 19.3. The second-order valence-electron chi connectivity index (χ2n) is 8.91. The fourth-order valence-electron chi connectivity index (χ4n) is 4.38. The number of anilines is 2. The number of amides is 1. The molecule has 1 amide bonds. The van der Waals surface area contributed by atoms with Crippen molar-refractivity contribution in [3.05, 3.63) is 70.9 Å². The van der Waals surface area contributed by atoms with Gasteiger partial charge in [-0.2, -0.15) is 9.40 Å². The number of rotatable bonds is 5. The normalized spacial score (nSPS) is 17.1. The van der Waals surface area contributed by atoms with Gasteiger partial charge in [0.25, 0.3) is 5.91 Å². The van der Waals surface area contributed by atoms with Crippen LogP contribution in [0.2, 0.25) is 0 Å². The summed E-state index contributed by atoms with van der Waals surface area (Å²) in [5, 5.41) is 9.94. The van der Waals surface area contributed by atoms with Crippen LogP contribution in [0.5, 0.6) is 0 Å². The first-order valence-corrected chi connectivity index (χ1v) is 12.7. The van der Waals surface area contributed by atoms with Gasteiger partial charge in [-0.1, -0.05) is 12.1 Å². The predicted molar refractivity (Wildman–Crippen MR) is 130 cm³/mol. The maximum Gasteiger partial charge on any atom is 0.256 e. The Labute approximate surface area is 199 Å². The van der Waals surface area contributed by atoms with Crippen LogP contribution in [0.1, 0.15) is 27.2 Å². The highest BCUT2D eigenvalue weighted by molar-refractivity contribution is 7.89. The summed E-state index contributed by atoms with van der Waals surface area (Å²) < 4.78 is 27.6. The first kappa shape index (κ1) is 22.6. The number of aromatic nitrogens is 2. The molecule has 2 aromatic carbocycles. The van der Waals surface area contributed by atoms with Gasteiger partial charge in [0.15, 0.2) is 5.82 Å². The van der Waals surface area contributed by atoms with Crippen molar-refractivity contribution in [3.63, 3.8) is 0 Å². The van der Waals surface area contributed by atoms with Gasteiger partial charge in [0.1, 0.15) is 0 Å². The Morgan fingerprint density at radius 2 is 1.76 bits per heavy atom. The van der Waals surface area contributed by atoms with Gasteiger partial charge in [-0.25, -0.2) is 8.42 Å². The second kappa shape index (κ2) is 8.86. The highest BCUT2D eigenvalue weighted by Gasteiger charge is 2.34. The van der Waals surface area contributed by atoms with Gasteiger partial charge >= 0.3 is 0 Å². The molecule has 2 aliphatic rings. The number of piperazine rings is 1. The Morgan fingerprint density at radius 1 is 1.03 bits per heavy atom. The minimum Gasteiger partial charge on any atom is -0.369 e. The monoisotopic (exact) mass is 480 g/mol. The van der Waals surface area contributed by atoms with E-state index >= 15 is 0 Å². The van der Waals surface area contributed by atoms with E-state index in [0.717, 1.165) is 37.4 Å². The minimum absolute atomic E-state index is 0.153. The first-order chi connectivity index (χ1) is 16.3. The van der Waals surface area contributed by atoms with Crippen LogP contribution in [0.4, 0.5) is 11.5 Å². The van der Waals surface area contributed by atoms with E-state index < -0.39 is 10.0 Å². The third kappa shape index (κ3) is 4.31. The van der Waals surface area contributed by atoms with Gasteiger partial charge in [-0.05, 0) is 55.9 Å². The van der Waals surface area contributed by atoms with E-state index in [4.69, 9.17) is 0 Å². The standard InChI is InChI=1S/C24H28N6O3S/c1-17-4-3-5-20(14-17)34(32,33)30-15-21-22(16-30)26-27-23(21)25-24(31)18-6-8-19(9-7-18)29-12-10-28(2)11-13-29/h3-9,14H,10-13,15-16H2,1-2H3,(H2,25,26,27,31). The van der Waals surface area contributed by atoms with Gasteiger partial charge in [0.05, 0.1) is 17.1 Å². The number of nitrogens with zero attached hydrogens (tertiary/aromatic N) is 4. The molecule has 0 radical (unpaired) electrons. The van der Waals surface area contributed by atoms with Crippen LogP contribution in [0, 0.1) is 6.92 Å². The Bertz CT molecular complexity index is 1310. The Hall–Kier alpha value is -3.21. The van der Waals surface area contributed by atoms with Crippen molar-refractivity contribution in [2.45, 2.75) is 24.9 Å². The van der Waals surface area contributed by atoms with E-state index in [2.05, 4.69) is 32.4 Å². The van der Waals surface area contributed by atoms with Crippen LogP contribution in [0.25, 0.3) is 0 Å². The average molecular weight is 481 g/mol.